The molecule has 0 aliphatic rings. The molecule has 0 aliphatic carbocycles. The van der Waals surface area contributed by atoms with E-state index in [0.29, 0.717) is 5.56 Å². The Morgan fingerprint density at radius 3 is 2.28 bits per heavy atom. The topological polar surface area (TPSA) is 60.4 Å². The van der Waals surface area contributed by atoms with E-state index in [1.807, 2.05) is 0 Å². The Kier molecular flexibility index (Phi) is 4.99. The summed E-state index contributed by atoms with van der Waals surface area (Å²) in [6.45, 7) is 3.29. The summed E-state index contributed by atoms with van der Waals surface area (Å²) in [7, 11) is 0. The van der Waals surface area contributed by atoms with Crippen molar-refractivity contribution in [2.75, 3.05) is 6.61 Å². The molecule has 0 amide bonds. The summed E-state index contributed by atoms with van der Waals surface area (Å²) in [6, 6.07) is 6.73. The Bertz CT molecular complexity index is 483. The van der Waals surface area contributed by atoms with Crippen molar-refractivity contribution in [2.24, 2.45) is 0 Å². The second-order valence-corrected chi connectivity index (χ2v) is 3.60. The number of carbonyl (C=O) groups is 3. The van der Waals surface area contributed by atoms with Crippen LogP contribution in [0.25, 0.3) is 6.08 Å². The lowest BCUT2D eigenvalue weighted by Crippen LogP contribution is -2.14. The van der Waals surface area contributed by atoms with Gasteiger partial charge in [0, 0.05) is 5.56 Å². The number of rotatable bonds is 5. The quantitative estimate of drug-likeness (QED) is 0.345. The van der Waals surface area contributed by atoms with E-state index in [1.54, 1.807) is 31.2 Å². The van der Waals surface area contributed by atoms with E-state index in [9.17, 15) is 14.4 Å². The third-order valence-electron chi connectivity index (χ3n) is 2.22. The fourth-order valence-corrected chi connectivity index (χ4v) is 1.27. The highest BCUT2D eigenvalue weighted by molar-refractivity contribution is 6.39. The molecule has 0 unspecified atom stereocenters. The molecule has 0 saturated carbocycles. The van der Waals surface area contributed by atoms with Crippen LogP contribution < -0.4 is 0 Å². The standard InChI is InChI=1S/C14H14O4/c1-3-18-14(17)13(16)9-6-11-4-7-12(8-5-11)10(2)15/h4-9H,3H2,1-2H3/b9-6+. The highest BCUT2D eigenvalue weighted by Gasteiger charge is 2.10. The Labute approximate surface area is 105 Å². The molecule has 0 bridgehead atoms. The van der Waals surface area contributed by atoms with Gasteiger partial charge in [-0.1, -0.05) is 30.3 Å². The maximum atomic E-state index is 11.3. The molecular weight excluding hydrogens is 232 g/mol. The molecule has 1 rings (SSSR count). The second kappa shape index (κ2) is 6.49. The average Bonchev–Trinajstić information content (AvgIpc) is 2.36. The third-order valence-corrected chi connectivity index (χ3v) is 2.22. The predicted molar refractivity (Wildman–Crippen MR) is 67.1 cm³/mol. The molecule has 1 aromatic carbocycles. The molecular formula is C14H14O4. The fourth-order valence-electron chi connectivity index (χ4n) is 1.27. The summed E-state index contributed by atoms with van der Waals surface area (Å²) in [4.78, 5) is 33.4. The van der Waals surface area contributed by atoms with Crippen LogP contribution in [0.1, 0.15) is 29.8 Å². The summed E-state index contributed by atoms with van der Waals surface area (Å²) in [6.07, 6.45) is 2.66. The molecule has 0 fully saturated rings. The summed E-state index contributed by atoms with van der Waals surface area (Å²) >= 11 is 0. The van der Waals surface area contributed by atoms with Gasteiger partial charge in [0.05, 0.1) is 6.61 Å². The summed E-state index contributed by atoms with van der Waals surface area (Å²) in [5.41, 5.74) is 1.33. The zero-order valence-electron chi connectivity index (χ0n) is 10.3. The third kappa shape index (κ3) is 3.97. The van der Waals surface area contributed by atoms with E-state index in [2.05, 4.69) is 4.74 Å². The van der Waals surface area contributed by atoms with Gasteiger partial charge < -0.3 is 4.74 Å². The van der Waals surface area contributed by atoms with Gasteiger partial charge in [0.2, 0.25) is 0 Å². The lowest BCUT2D eigenvalue weighted by atomic mass is 10.1. The molecule has 0 saturated heterocycles. The van der Waals surface area contributed by atoms with Gasteiger partial charge in [-0.2, -0.15) is 0 Å². The van der Waals surface area contributed by atoms with E-state index in [-0.39, 0.29) is 12.4 Å². The van der Waals surface area contributed by atoms with E-state index < -0.39 is 11.8 Å². The first-order valence-corrected chi connectivity index (χ1v) is 5.54. The van der Waals surface area contributed by atoms with Crippen molar-refractivity contribution >= 4 is 23.6 Å². The number of esters is 1. The molecule has 0 aliphatic heterocycles. The van der Waals surface area contributed by atoms with Crippen LogP contribution in [-0.4, -0.2) is 24.1 Å². The molecule has 0 N–H and O–H groups in total. The average molecular weight is 246 g/mol. The van der Waals surface area contributed by atoms with Gasteiger partial charge in [0.25, 0.3) is 5.78 Å². The molecule has 0 heterocycles. The number of hydrogen-bond donors (Lipinski definition) is 0. The van der Waals surface area contributed by atoms with Crippen LogP contribution in [0.3, 0.4) is 0 Å². The van der Waals surface area contributed by atoms with Crippen LogP contribution in [0.2, 0.25) is 0 Å². The minimum atomic E-state index is -0.867. The maximum absolute atomic E-state index is 11.3. The second-order valence-electron chi connectivity index (χ2n) is 3.60. The zero-order valence-corrected chi connectivity index (χ0v) is 10.3. The van der Waals surface area contributed by atoms with Crippen molar-refractivity contribution < 1.29 is 19.1 Å². The molecule has 0 atom stereocenters. The van der Waals surface area contributed by atoms with E-state index in [1.165, 1.54) is 13.0 Å². The maximum Gasteiger partial charge on any atom is 0.379 e. The largest absolute Gasteiger partial charge is 0.460 e. The van der Waals surface area contributed by atoms with Crippen molar-refractivity contribution in [3.8, 4) is 0 Å². The number of benzene rings is 1. The molecule has 0 aromatic heterocycles. The lowest BCUT2D eigenvalue weighted by Gasteiger charge is -1.97. The zero-order chi connectivity index (χ0) is 13.5. The number of ketones is 2. The molecule has 1 aromatic rings. The highest BCUT2D eigenvalue weighted by atomic mass is 16.5. The molecule has 0 radical (unpaired) electrons. The lowest BCUT2D eigenvalue weighted by molar-refractivity contribution is -0.151. The SMILES string of the molecule is CCOC(=O)C(=O)/C=C/c1ccc(C(C)=O)cc1. The van der Waals surface area contributed by atoms with Crippen LogP contribution in [0.5, 0.6) is 0 Å². The Morgan fingerprint density at radius 1 is 1.17 bits per heavy atom. The Balaban J connectivity index is 2.70. The van der Waals surface area contributed by atoms with E-state index in [0.717, 1.165) is 11.6 Å². The predicted octanol–water partition coefficient (Wildman–Crippen LogP) is 2.03. The van der Waals surface area contributed by atoms with Crippen LogP contribution in [0.4, 0.5) is 0 Å². The molecule has 0 spiro atoms. The van der Waals surface area contributed by atoms with E-state index >= 15 is 0 Å². The number of hydrogen-bond acceptors (Lipinski definition) is 4. The van der Waals surface area contributed by atoms with Crippen LogP contribution in [0, 0.1) is 0 Å². The van der Waals surface area contributed by atoms with Gasteiger partial charge in [-0.05, 0) is 25.5 Å². The first-order valence-electron chi connectivity index (χ1n) is 5.54. The summed E-state index contributed by atoms with van der Waals surface area (Å²) in [5.74, 6) is -1.59. The van der Waals surface area contributed by atoms with Gasteiger partial charge in [0.15, 0.2) is 5.78 Å². The number of carbonyl (C=O) groups excluding carboxylic acids is 3. The summed E-state index contributed by atoms with van der Waals surface area (Å²) < 4.78 is 4.56. The van der Waals surface area contributed by atoms with Crippen molar-refractivity contribution in [3.63, 3.8) is 0 Å². The molecule has 94 valence electrons. The van der Waals surface area contributed by atoms with Crippen LogP contribution in [0.15, 0.2) is 30.3 Å². The number of Topliss-reactive ketones (excluding diaryl/α,β-unsaturated/α-hetero) is 1. The monoisotopic (exact) mass is 246 g/mol. The van der Waals surface area contributed by atoms with Crippen molar-refractivity contribution in [2.45, 2.75) is 13.8 Å². The van der Waals surface area contributed by atoms with Gasteiger partial charge in [-0.3, -0.25) is 9.59 Å². The van der Waals surface area contributed by atoms with Crippen molar-refractivity contribution in [1.82, 2.24) is 0 Å². The van der Waals surface area contributed by atoms with Crippen LogP contribution >= 0.6 is 0 Å². The van der Waals surface area contributed by atoms with Gasteiger partial charge in [-0.25, -0.2) is 4.79 Å². The van der Waals surface area contributed by atoms with Crippen molar-refractivity contribution in [3.05, 3.63) is 41.5 Å². The van der Waals surface area contributed by atoms with E-state index in [4.69, 9.17) is 0 Å². The Morgan fingerprint density at radius 2 is 1.78 bits per heavy atom. The molecule has 4 heteroatoms. The minimum Gasteiger partial charge on any atom is -0.460 e. The van der Waals surface area contributed by atoms with Crippen molar-refractivity contribution in [1.29, 1.82) is 0 Å². The Hall–Kier alpha value is -2.23. The van der Waals surface area contributed by atoms with Gasteiger partial charge >= 0.3 is 5.97 Å². The normalized spacial score (nSPS) is 10.3. The molecule has 4 nitrogen and oxygen atoms in total. The summed E-state index contributed by atoms with van der Waals surface area (Å²) in [5, 5.41) is 0. The first kappa shape index (κ1) is 13.8. The van der Waals surface area contributed by atoms with Gasteiger partial charge in [-0.15, -0.1) is 0 Å². The van der Waals surface area contributed by atoms with Gasteiger partial charge in [0.1, 0.15) is 0 Å². The fraction of sp³-hybridized carbons (Fsp3) is 0.214. The highest BCUT2D eigenvalue weighted by Crippen LogP contribution is 2.07. The minimum absolute atomic E-state index is 0.0203. The smallest absolute Gasteiger partial charge is 0.379 e. The first-order chi connectivity index (χ1) is 8.54. The van der Waals surface area contributed by atoms with Crippen LogP contribution in [-0.2, 0) is 14.3 Å². The molecule has 18 heavy (non-hydrogen) atoms. The number of ether oxygens (including phenoxy) is 1.